The van der Waals surface area contributed by atoms with Gasteiger partial charge in [-0.1, -0.05) is 25.7 Å². The fraction of sp³-hybridized carbons (Fsp3) is 0.471. The largest absolute Gasteiger partial charge is 0.395 e. The molecule has 0 aliphatic heterocycles. The first-order valence-corrected chi connectivity index (χ1v) is 7.11. The minimum atomic E-state index is -0.571. The van der Waals surface area contributed by atoms with E-state index in [0.29, 0.717) is 24.4 Å². The van der Waals surface area contributed by atoms with Gasteiger partial charge in [0.05, 0.1) is 12.2 Å². The smallest absolute Gasteiger partial charge is 0.254 e. The number of benzene rings is 1. The van der Waals surface area contributed by atoms with Gasteiger partial charge >= 0.3 is 0 Å². The lowest BCUT2D eigenvalue weighted by Crippen LogP contribution is -2.27. The van der Waals surface area contributed by atoms with Crippen molar-refractivity contribution in [3.05, 3.63) is 35.1 Å². The molecular weight excluding hydrogens is 269 g/mol. The van der Waals surface area contributed by atoms with Crippen LogP contribution in [0.25, 0.3) is 0 Å². The van der Waals surface area contributed by atoms with E-state index < -0.39 is 5.82 Å². The van der Waals surface area contributed by atoms with Crippen LogP contribution in [0.2, 0.25) is 0 Å². The minimum Gasteiger partial charge on any atom is -0.395 e. The predicted octanol–water partition coefficient (Wildman–Crippen LogP) is 2.34. The van der Waals surface area contributed by atoms with E-state index in [1.54, 1.807) is 6.07 Å². The Morgan fingerprint density at radius 3 is 2.81 bits per heavy atom. The molecule has 0 saturated heterocycles. The summed E-state index contributed by atoms with van der Waals surface area (Å²) < 4.78 is 13.9. The van der Waals surface area contributed by atoms with Gasteiger partial charge in [0.25, 0.3) is 5.91 Å². The van der Waals surface area contributed by atoms with Crippen molar-refractivity contribution in [2.75, 3.05) is 13.2 Å². The number of aliphatic hydroxyl groups excluding tert-OH is 1. The number of nitrogens with one attached hydrogen (secondary N) is 1. The standard InChI is InChI=1S/C17H20FNO2/c1-17(2)10-13(17)11-19-16(21)14-7-6-12(9-15(14)18)5-3-4-8-20/h6-7,9,13,20H,4,8,10-11H2,1-2H3,(H,19,21). The van der Waals surface area contributed by atoms with Crippen molar-refractivity contribution in [3.8, 4) is 11.8 Å². The number of hydrogen-bond acceptors (Lipinski definition) is 2. The van der Waals surface area contributed by atoms with E-state index in [4.69, 9.17) is 5.11 Å². The van der Waals surface area contributed by atoms with Gasteiger partial charge in [0.2, 0.25) is 0 Å². The third kappa shape index (κ3) is 4.05. The molecule has 1 fully saturated rings. The van der Waals surface area contributed by atoms with E-state index in [0.717, 1.165) is 6.42 Å². The van der Waals surface area contributed by atoms with Gasteiger partial charge in [-0.2, -0.15) is 0 Å². The zero-order valence-corrected chi connectivity index (χ0v) is 12.4. The van der Waals surface area contributed by atoms with Crippen LogP contribution in [0.4, 0.5) is 4.39 Å². The molecule has 0 bridgehead atoms. The Bertz CT molecular complexity index is 599. The summed E-state index contributed by atoms with van der Waals surface area (Å²) in [6, 6.07) is 4.31. The van der Waals surface area contributed by atoms with Crippen LogP contribution in [-0.4, -0.2) is 24.2 Å². The van der Waals surface area contributed by atoms with Gasteiger partial charge in [-0.05, 0) is 36.0 Å². The molecule has 1 atom stereocenters. The van der Waals surface area contributed by atoms with Gasteiger partial charge in [0.15, 0.2) is 0 Å². The second kappa shape index (κ2) is 6.28. The monoisotopic (exact) mass is 289 g/mol. The summed E-state index contributed by atoms with van der Waals surface area (Å²) in [7, 11) is 0. The Morgan fingerprint density at radius 2 is 2.24 bits per heavy atom. The van der Waals surface area contributed by atoms with Crippen LogP contribution in [0, 0.1) is 29.0 Å². The van der Waals surface area contributed by atoms with E-state index in [9.17, 15) is 9.18 Å². The van der Waals surface area contributed by atoms with Crippen LogP contribution in [0.3, 0.4) is 0 Å². The summed E-state index contributed by atoms with van der Waals surface area (Å²) in [6.45, 7) is 4.88. The van der Waals surface area contributed by atoms with Crippen molar-refractivity contribution in [1.82, 2.24) is 5.32 Å². The predicted molar refractivity (Wildman–Crippen MR) is 79.2 cm³/mol. The second-order valence-electron chi connectivity index (χ2n) is 6.07. The lowest BCUT2D eigenvalue weighted by molar-refractivity contribution is 0.0946. The molecule has 2 N–H and O–H groups in total. The first-order chi connectivity index (χ1) is 9.94. The van der Waals surface area contributed by atoms with Crippen molar-refractivity contribution in [2.24, 2.45) is 11.3 Å². The summed E-state index contributed by atoms with van der Waals surface area (Å²) >= 11 is 0. The summed E-state index contributed by atoms with van der Waals surface area (Å²) in [5, 5.41) is 11.4. The Kier molecular flexibility index (Phi) is 4.64. The minimum absolute atomic E-state index is 0.0204. The summed E-state index contributed by atoms with van der Waals surface area (Å²) in [5.41, 5.74) is 0.833. The molecule has 1 unspecified atom stereocenters. The van der Waals surface area contributed by atoms with E-state index >= 15 is 0 Å². The zero-order chi connectivity index (χ0) is 15.5. The average Bonchev–Trinajstić information content (AvgIpc) is 3.04. The third-order valence-electron chi connectivity index (χ3n) is 3.91. The first-order valence-electron chi connectivity index (χ1n) is 7.11. The molecule has 4 heteroatoms. The van der Waals surface area contributed by atoms with Gasteiger partial charge in [-0.15, -0.1) is 0 Å². The topological polar surface area (TPSA) is 49.3 Å². The van der Waals surface area contributed by atoms with Gasteiger partial charge < -0.3 is 10.4 Å². The number of halogens is 1. The van der Waals surface area contributed by atoms with Gasteiger partial charge in [0, 0.05) is 18.5 Å². The molecule has 21 heavy (non-hydrogen) atoms. The molecule has 1 aliphatic rings. The summed E-state index contributed by atoms with van der Waals surface area (Å²) in [4.78, 5) is 12.0. The summed E-state index contributed by atoms with van der Waals surface area (Å²) in [6.07, 6.45) is 1.44. The SMILES string of the molecule is CC1(C)CC1CNC(=O)c1ccc(C#CCCO)cc1F. The molecule has 112 valence electrons. The number of hydrogen-bond donors (Lipinski definition) is 2. The van der Waals surface area contributed by atoms with Crippen LogP contribution in [0.1, 0.15) is 42.6 Å². The number of rotatable bonds is 4. The molecule has 2 rings (SSSR count). The van der Waals surface area contributed by atoms with Gasteiger partial charge in [-0.3, -0.25) is 4.79 Å². The molecule has 0 aromatic heterocycles. The second-order valence-corrected chi connectivity index (χ2v) is 6.07. The maximum atomic E-state index is 13.9. The van der Waals surface area contributed by atoms with Crippen LogP contribution in [0.15, 0.2) is 18.2 Å². The molecule has 1 amide bonds. The number of amides is 1. The van der Waals surface area contributed by atoms with Crippen molar-refractivity contribution < 1.29 is 14.3 Å². The van der Waals surface area contributed by atoms with Crippen LogP contribution in [0.5, 0.6) is 0 Å². The molecule has 1 aromatic carbocycles. The molecule has 0 spiro atoms. The quantitative estimate of drug-likeness (QED) is 0.836. The van der Waals surface area contributed by atoms with Crippen molar-refractivity contribution in [3.63, 3.8) is 0 Å². The highest BCUT2D eigenvalue weighted by atomic mass is 19.1. The maximum Gasteiger partial charge on any atom is 0.254 e. The van der Waals surface area contributed by atoms with Crippen LogP contribution in [-0.2, 0) is 0 Å². The van der Waals surface area contributed by atoms with E-state index in [1.807, 2.05) is 0 Å². The number of aliphatic hydroxyl groups is 1. The van der Waals surface area contributed by atoms with Crippen LogP contribution < -0.4 is 5.32 Å². The molecule has 0 heterocycles. The number of carbonyl (C=O) groups is 1. The van der Waals surface area contributed by atoms with Crippen LogP contribution >= 0.6 is 0 Å². The fourth-order valence-electron chi connectivity index (χ4n) is 2.23. The van der Waals surface area contributed by atoms with Crippen molar-refractivity contribution >= 4 is 5.91 Å². The molecular formula is C17H20FNO2. The third-order valence-corrected chi connectivity index (χ3v) is 3.91. The Labute approximate surface area is 124 Å². The lowest BCUT2D eigenvalue weighted by Gasteiger charge is -2.07. The highest BCUT2D eigenvalue weighted by Crippen LogP contribution is 2.50. The normalized spacial score (nSPS) is 18.6. The highest BCUT2D eigenvalue weighted by molar-refractivity contribution is 5.94. The molecule has 0 radical (unpaired) electrons. The van der Waals surface area contributed by atoms with E-state index in [1.165, 1.54) is 12.1 Å². The van der Waals surface area contributed by atoms with E-state index in [-0.39, 0.29) is 23.5 Å². The Hall–Kier alpha value is -1.86. The van der Waals surface area contributed by atoms with Gasteiger partial charge in [-0.25, -0.2) is 4.39 Å². The van der Waals surface area contributed by atoms with Gasteiger partial charge in [0.1, 0.15) is 5.82 Å². The lowest BCUT2D eigenvalue weighted by atomic mass is 10.1. The molecule has 1 aliphatic carbocycles. The maximum absolute atomic E-state index is 13.9. The van der Waals surface area contributed by atoms with Crippen molar-refractivity contribution in [1.29, 1.82) is 0 Å². The zero-order valence-electron chi connectivity index (χ0n) is 12.4. The first kappa shape index (κ1) is 15.5. The molecule has 1 saturated carbocycles. The average molecular weight is 289 g/mol. The molecule has 3 nitrogen and oxygen atoms in total. The number of carbonyl (C=O) groups excluding carboxylic acids is 1. The Balaban J connectivity index is 1.97. The Morgan fingerprint density at radius 1 is 1.52 bits per heavy atom. The van der Waals surface area contributed by atoms with E-state index in [2.05, 4.69) is 31.0 Å². The van der Waals surface area contributed by atoms with Crippen molar-refractivity contribution in [2.45, 2.75) is 26.7 Å². The molecule has 1 aromatic rings. The highest BCUT2D eigenvalue weighted by Gasteiger charge is 2.45. The fourth-order valence-corrected chi connectivity index (χ4v) is 2.23. The summed E-state index contributed by atoms with van der Waals surface area (Å²) in [5.74, 6) is 4.98.